The van der Waals surface area contributed by atoms with Crippen LogP contribution in [0.1, 0.15) is 25.8 Å². The van der Waals surface area contributed by atoms with Crippen LogP contribution in [0.3, 0.4) is 0 Å². The molecule has 110 valence electrons. The first-order chi connectivity index (χ1) is 9.38. The average molecular weight is 315 g/mol. The maximum atomic E-state index is 11.1. The number of carboxylic acids is 1. The largest absolute Gasteiger partial charge is 0.488 e. The van der Waals surface area contributed by atoms with Crippen LogP contribution in [-0.4, -0.2) is 28.7 Å². The van der Waals surface area contributed by atoms with Gasteiger partial charge in [-0.05, 0) is 50.1 Å². The van der Waals surface area contributed by atoms with E-state index in [1.54, 1.807) is 13.8 Å². The standard InChI is InChI=1S/C15H19ClO3S/c1-15(2,14(17)18)8-10-3-4-13(12(16)7-10)19-11-5-6-20-9-11/h3-4,7,11H,5-6,8-9H2,1-2H3,(H,17,18). The Bertz CT molecular complexity index is 496. The molecule has 2 rings (SSSR count). The molecule has 3 nitrogen and oxygen atoms in total. The van der Waals surface area contributed by atoms with Crippen LogP contribution in [0.2, 0.25) is 5.02 Å². The minimum absolute atomic E-state index is 0.235. The van der Waals surface area contributed by atoms with Crippen LogP contribution in [0.4, 0.5) is 0 Å². The molecule has 1 aromatic carbocycles. The fraction of sp³-hybridized carbons (Fsp3) is 0.533. The van der Waals surface area contributed by atoms with Crippen LogP contribution < -0.4 is 4.74 Å². The van der Waals surface area contributed by atoms with Crippen molar-refractivity contribution in [3.05, 3.63) is 28.8 Å². The molecule has 1 saturated heterocycles. The van der Waals surface area contributed by atoms with Crippen LogP contribution in [0.15, 0.2) is 18.2 Å². The predicted octanol–water partition coefficient (Wildman–Crippen LogP) is 3.88. The Hall–Kier alpha value is -0.870. The van der Waals surface area contributed by atoms with Gasteiger partial charge in [-0.1, -0.05) is 17.7 Å². The second-order valence-electron chi connectivity index (χ2n) is 5.73. The molecule has 1 atom stereocenters. The zero-order valence-electron chi connectivity index (χ0n) is 11.7. The monoisotopic (exact) mass is 314 g/mol. The van der Waals surface area contributed by atoms with E-state index in [1.165, 1.54) is 0 Å². The summed E-state index contributed by atoms with van der Waals surface area (Å²) in [4.78, 5) is 11.1. The van der Waals surface area contributed by atoms with Crippen molar-refractivity contribution in [2.45, 2.75) is 32.8 Å². The van der Waals surface area contributed by atoms with Gasteiger partial charge in [0.2, 0.25) is 0 Å². The number of hydrogen-bond acceptors (Lipinski definition) is 3. The Morgan fingerprint density at radius 2 is 2.30 bits per heavy atom. The topological polar surface area (TPSA) is 46.5 Å². The number of aliphatic carboxylic acids is 1. The molecule has 0 aliphatic carbocycles. The smallest absolute Gasteiger partial charge is 0.309 e. The van der Waals surface area contributed by atoms with Crippen LogP contribution in [0.5, 0.6) is 5.75 Å². The molecule has 20 heavy (non-hydrogen) atoms. The van der Waals surface area contributed by atoms with Crippen molar-refractivity contribution in [3.8, 4) is 5.75 Å². The first-order valence-electron chi connectivity index (χ1n) is 6.65. The van der Waals surface area contributed by atoms with Crippen molar-refractivity contribution in [3.63, 3.8) is 0 Å². The van der Waals surface area contributed by atoms with Gasteiger partial charge in [0.15, 0.2) is 0 Å². The van der Waals surface area contributed by atoms with Gasteiger partial charge in [-0.15, -0.1) is 0 Å². The van der Waals surface area contributed by atoms with Gasteiger partial charge < -0.3 is 9.84 Å². The highest BCUT2D eigenvalue weighted by molar-refractivity contribution is 7.99. The summed E-state index contributed by atoms with van der Waals surface area (Å²) in [5.41, 5.74) is 0.115. The Balaban J connectivity index is 2.07. The molecule has 0 spiro atoms. The highest BCUT2D eigenvalue weighted by Crippen LogP contribution is 2.32. The summed E-state index contributed by atoms with van der Waals surface area (Å²) in [6.45, 7) is 3.42. The first kappa shape index (κ1) is 15.5. The summed E-state index contributed by atoms with van der Waals surface area (Å²) < 4.78 is 5.87. The fourth-order valence-electron chi connectivity index (χ4n) is 2.12. The molecule has 1 unspecified atom stereocenters. The summed E-state index contributed by atoms with van der Waals surface area (Å²) in [7, 11) is 0. The lowest BCUT2D eigenvalue weighted by atomic mass is 9.86. The Labute approximate surface area is 128 Å². The molecule has 1 heterocycles. The number of carboxylic acid groups (broad SMARTS) is 1. The van der Waals surface area contributed by atoms with Gasteiger partial charge in [-0.3, -0.25) is 4.79 Å². The van der Waals surface area contributed by atoms with Crippen molar-refractivity contribution >= 4 is 29.3 Å². The molecule has 0 radical (unpaired) electrons. The van der Waals surface area contributed by atoms with Gasteiger partial charge in [-0.25, -0.2) is 0 Å². The van der Waals surface area contributed by atoms with Crippen LogP contribution in [-0.2, 0) is 11.2 Å². The van der Waals surface area contributed by atoms with Crippen molar-refractivity contribution in [1.29, 1.82) is 0 Å². The third kappa shape index (κ3) is 3.83. The van der Waals surface area contributed by atoms with Crippen molar-refractivity contribution in [1.82, 2.24) is 0 Å². The van der Waals surface area contributed by atoms with Gasteiger partial charge in [0.1, 0.15) is 11.9 Å². The SMILES string of the molecule is CC(C)(Cc1ccc(OC2CCSC2)c(Cl)c1)C(=O)O. The van der Waals surface area contributed by atoms with Gasteiger partial charge in [-0.2, -0.15) is 11.8 Å². The van der Waals surface area contributed by atoms with Crippen LogP contribution in [0, 0.1) is 5.41 Å². The Kier molecular flexibility index (Phi) is 4.86. The summed E-state index contributed by atoms with van der Waals surface area (Å²) in [6.07, 6.45) is 1.73. The molecule has 0 bridgehead atoms. The van der Waals surface area contributed by atoms with E-state index in [4.69, 9.17) is 21.4 Å². The number of thioether (sulfide) groups is 1. The van der Waals surface area contributed by atoms with E-state index >= 15 is 0 Å². The van der Waals surface area contributed by atoms with E-state index in [2.05, 4.69) is 0 Å². The highest BCUT2D eigenvalue weighted by atomic mass is 35.5. The summed E-state index contributed by atoms with van der Waals surface area (Å²) in [5, 5.41) is 9.71. The zero-order chi connectivity index (χ0) is 14.8. The average Bonchev–Trinajstić information content (AvgIpc) is 2.85. The van der Waals surface area contributed by atoms with Crippen molar-refractivity contribution < 1.29 is 14.6 Å². The number of hydrogen-bond donors (Lipinski definition) is 1. The molecule has 1 aliphatic heterocycles. The lowest BCUT2D eigenvalue weighted by Crippen LogP contribution is -2.26. The molecule has 1 N–H and O–H groups in total. The highest BCUT2D eigenvalue weighted by Gasteiger charge is 2.27. The predicted molar refractivity (Wildman–Crippen MR) is 82.9 cm³/mol. The molecular formula is C15H19ClO3S. The zero-order valence-corrected chi connectivity index (χ0v) is 13.3. The van der Waals surface area contributed by atoms with E-state index in [9.17, 15) is 4.79 Å². The molecule has 0 amide bonds. The molecule has 0 aromatic heterocycles. The maximum Gasteiger partial charge on any atom is 0.309 e. The van der Waals surface area contributed by atoms with Gasteiger partial charge in [0.25, 0.3) is 0 Å². The third-order valence-electron chi connectivity index (χ3n) is 3.40. The van der Waals surface area contributed by atoms with E-state index in [1.807, 2.05) is 30.0 Å². The van der Waals surface area contributed by atoms with E-state index in [0.717, 1.165) is 23.5 Å². The van der Waals surface area contributed by atoms with Crippen LogP contribution in [0.25, 0.3) is 0 Å². The summed E-state index contributed by atoms with van der Waals surface area (Å²) in [6, 6.07) is 5.55. The summed E-state index contributed by atoms with van der Waals surface area (Å²) in [5.74, 6) is 2.02. The van der Waals surface area contributed by atoms with Crippen LogP contribution >= 0.6 is 23.4 Å². The number of benzene rings is 1. The van der Waals surface area contributed by atoms with Crippen molar-refractivity contribution in [2.24, 2.45) is 5.41 Å². The second kappa shape index (κ2) is 6.27. The molecule has 5 heteroatoms. The lowest BCUT2D eigenvalue weighted by molar-refractivity contribution is -0.146. The quantitative estimate of drug-likeness (QED) is 0.896. The fourth-order valence-corrected chi connectivity index (χ4v) is 3.46. The second-order valence-corrected chi connectivity index (χ2v) is 7.29. The Morgan fingerprint density at radius 3 is 2.85 bits per heavy atom. The molecule has 0 saturated carbocycles. The molecular weight excluding hydrogens is 296 g/mol. The lowest BCUT2D eigenvalue weighted by Gasteiger charge is -2.20. The van der Waals surface area contributed by atoms with Gasteiger partial charge in [0.05, 0.1) is 10.4 Å². The minimum atomic E-state index is -0.808. The molecule has 1 aliphatic rings. The number of rotatable bonds is 5. The third-order valence-corrected chi connectivity index (χ3v) is 4.83. The van der Waals surface area contributed by atoms with E-state index < -0.39 is 11.4 Å². The van der Waals surface area contributed by atoms with E-state index in [0.29, 0.717) is 17.2 Å². The van der Waals surface area contributed by atoms with Gasteiger partial charge in [0, 0.05) is 5.75 Å². The number of ether oxygens (including phenoxy) is 1. The minimum Gasteiger partial charge on any atom is -0.488 e. The molecule has 1 aromatic rings. The summed E-state index contributed by atoms with van der Waals surface area (Å²) >= 11 is 8.13. The maximum absolute atomic E-state index is 11.1. The first-order valence-corrected chi connectivity index (χ1v) is 8.18. The van der Waals surface area contributed by atoms with Gasteiger partial charge >= 0.3 is 5.97 Å². The molecule has 1 fully saturated rings. The van der Waals surface area contributed by atoms with Crippen molar-refractivity contribution in [2.75, 3.05) is 11.5 Å². The number of halogens is 1. The normalized spacial score (nSPS) is 19.1. The Morgan fingerprint density at radius 1 is 1.55 bits per heavy atom. The number of carbonyl (C=O) groups is 1. The van der Waals surface area contributed by atoms with E-state index in [-0.39, 0.29) is 6.10 Å².